The van der Waals surface area contributed by atoms with Crippen LogP contribution in [0.3, 0.4) is 0 Å². The Kier molecular flexibility index (Phi) is 6.23. The average Bonchev–Trinajstić information content (AvgIpc) is 3.08. The van der Waals surface area contributed by atoms with E-state index in [-0.39, 0.29) is 5.91 Å². The third-order valence-electron chi connectivity index (χ3n) is 3.92. The molecule has 5 heteroatoms. The van der Waals surface area contributed by atoms with Crippen LogP contribution in [0.4, 0.5) is 0 Å². The van der Waals surface area contributed by atoms with Crippen molar-refractivity contribution in [3.63, 3.8) is 0 Å². The second-order valence-electron chi connectivity index (χ2n) is 5.89. The lowest BCUT2D eigenvalue weighted by molar-refractivity contribution is -0.116. The number of amides is 1. The number of carbonyl (C=O) groups excluding carboxylic acids is 1. The maximum Gasteiger partial charge on any atom is 0.244 e. The summed E-state index contributed by atoms with van der Waals surface area (Å²) >= 11 is 5.93. The van der Waals surface area contributed by atoms with Crippen LogP contribution in [0, 0.1) is 0 Å². The van der Waals surface area contributed by atoms with Gasteiger partial charge in [-0.25, -0.2) is 4.98 Å². The lowest BCUT2D eigenvalue weighted by Gasteiger charge is -2.08. The fourth-order valence-electron chi connectivity index (χ4n) is 2.63. The first-order chi connectivity index (χ1) is 12.7. The Balaban J connectivity index is 1.49. The SMILES string of the molecule is O=C(/C=C/c1cccc(Cl)c1)NCCc1nccn1Cc1ccccc1. The first-order valence-electron chi connectivity index (χ1n) is 8.46. The topological polar surface area (TPSA) is 46.9 Å². The fraction of sp³-hybridized carbons (Fsp3) is 0.143. The average molecular weight is 366 g/mol. The Morgan fingerprint density at radius 3 is 2.81 bits per heavy atom. The number of rotatable bonds is 7. The molecule has 0 saturated carbocycles. The summed E-state index contributed by atoms with van der Waals surface area (Å²) in [5.41, 5.74) is 2.12. The fourth-order valence-corrected chi connectivity index (χ4v) is 2.83. The molecule has 4 nitrogen and oxygen atoms in total. The summed E-state index contributed by atoms with van der Waals surface area (Å²) < 4.78 is 2.10. The molecule has 0 saturated heterocycles. The van der Waals surface area contributed by atoms with Gasteiger partial charge >= 0.3 is 0 Å². The summed E-state index contributed by atoms with van der Waals surface area (Å²) in [5, 5.41) is 3.54. The molecule has 26 heavy (non-hydrogen) atoms. The van der Waals surface area contributed by atoms with Crippen LogP contribution in [0.2, 0.25) is 5.02 Å². The van der Waals surface area contributed by atoms with Gasteiger partial charge < -0.3 is 9.88 Å². The van der Waals surface area contributed by atoms with Crippen LogP contribution in [-0.2, 0) is 17.8 Å². The minimum Gasteiger partial charge on any atom is -0.352 e. The molecule has 0 unspecified atom stereocenters. The van der Waals surface area contributed by atoms with Gasteiger partial charge in [0.2, 0.25) is 5.91 Å². The van der Waals surface area contributed by atoms with Crippen LogP contribution in [0.25, 0.3) is 6.08 Å². The first kappa shape index (κ1) is 18.0. The summed E-state index contributed by atoms with van der Waals surface area (Å²) in [5.74, 6) is 0.819. The third kappa shape index (κ3) is 5.33. The minimum absolute atomic E-state index is 0.133. The molecule has 0 aliphatic carbocycles. The van der Waals surface area contributed by atoms with Gasteiger partial charge in [-0.05, 0) is 29.3 Å². The second-order valence-corrected chi connectivity index (χ2v) is 6.32. The van der Waals surface area contributed by atoms with Gasteiger partial charge in [-0.1, -0.05) is 54.1 Å². The summed E-state index contributed by atoms with van der Waals surface area (Å²) in [6, 6.07) is 17.6. The zero-order valence-electron chi connectivity index (χ0n) is 14.3. The Morgan fingerprint density at radius 2 is 2.00 bits per heavy atom. The maximum atomic E-state index is 11.9. The zero-order chi connectivity index (χ0) is 18.2. The number of carbonyl (C=O) groups is 1. The predicted octanol–water partition coefficient (Wildman–Crippen LogP) is 3.96. The number of hydrogen-bond acceptors (Lipinski definition) is 2. The van der Waals surface area contributed by atoms with Crippen molar-refractivity contribution in [2.45, 2.75) is 13.0 Å². The van der Waals surface area contributed by atoms with Crippen LogP contribution in [0.1, 0.15) is 17.0 Å². The highest BCUT2D eigenvalue weighted by Crippen LogP contribution is 2.11. The standard InChI is InChI=1S/C21H20ClN3O/c22-19-8-4-7-17(15-19)9-10-21(26)24-12-11-20-23-13-14-25(20)16-18-5-2-1-3-6-18/h1-10,13-15H,11-12,16H2,(H,24,26)/b10-9+. The molecule has 3 rings (SSSR count). The van der Waals surface area contributed by atoms with Crippen molar-refractivity contribution in [2.24, 2.45) is 0 Å². The summed E-state index contributed by atoms with van der Waals surface area (Å²) in [4.78, 5) is 16.3. The van der Waals surface area contributed by atoms with E-state index in [1.54, 1.807) is 18.3 Å². The normalized spacial score (nSPS) is 11.0. The number of imidazole rings is 1. The third-order valence-corrected chi connectivity index (χ3v) is 4.16. The summed E-state index contributed by atoms with van der Waals surface area (Å²) in [7, 11) is 0. The Morgan fingerprint density at radius 1 is 1.15 bits per heavy atom. The number of aromatic nitrogens is 2. The molecule has 0 radical (unpaired) electrons. The highest BCUT2D eigenvalue weighted by Gasteiger charge is 2.04. The van der Waals surface area contributed by atoms with Crippen LogP contribution < -0.4 is 5.32 Å². The summed E-state index contributed by atoms with van der Waals surface area (Å²) in [6.45, 7) is 1.31. The molecule has 0 fully saturated rings. The second kappa shape index (κ2) is 9.02. The molecule has 0 aliphatic heterocycles. The quantitative estimate of drug-likeness (QED) is 0.644. The van der Waals surface area contributed by atoms with Gasteiger partial charge in [0.1, 0.15) is 5.82 Å². The monoisotopic (exact) mass is 365 g/mol. The van der Waals surface area contributed by atoms with Gasteiger partial charge in [0, 0.05) is 43.0 Å². The van der Waals surface area contributed by atoms with Crippen molar-refractivity contribution in [1.29, 1.82) is 0 Å². The molecular weight excluding hydrogens is 346 g/mol. The number of halogens is 1. The van der Waals surface area contributed by atoms with E-state index < -0.39 is 0 Å². The smallest absolute Gasteiger partial charge is 0.244 e. The Bertz CT molecular complexity index is 887. The van der Waals surface area contributed by atoms with Crippen molar-refractivity contribution < 1.29 is 4.79 Å². The van der Waals surface area contributed by atoms with E-state index in [1.165, 1.54) is 11.6 Å². The van der Waals surface area contributed by atoms with Gasteiger partial charge in [-0.15, -0.1) is 0 Å². The molecule has 132 valence electrons. The van der Waals surface area contributed by atoms with E-state index in [0.29, 0.717) is 18.0 Å². The molecule has 0 atom stereocenters. The Hall–Kier alpha value is -2.85. The van der Waals surface area contributed by atoms with E-state index in [4.69, 9.17) is 11.6 Å². The zero-order valence-corrected chi connectivity index (χ0v) is 15.1. The lowest BCUT2D eigenvalue weighted by atomic mass is 10.2. The predicted molar refractivity (Wildman–Crippen MR) is 105 cm³/mol. The van der Waals surface area contributed by atoms with Gasteiger partial charge in [0.15, 0.2) is 0 Å². The molecular formula is C21H20ClN3O. The number of nitrogens with zero attached hydrogens (tertiary/aromatic N) is 2. The van der Waals surface area contributed by atoms with Crippen LogP contribution in [0.15, 0.2) is 73.1 Å². The van der Waals surface area contributed by atoms with Crippen molar-refractivity contribution in [3.05, 3.63) is 95.0 Å². The first-order valence-corrected chi connectivity index (χ1v) is 8.84. The van der Waals surface area contributed by atoms with E-state index in [0.717, 1.165) is 17.9 Å². The Labute approximate surface area is 158 Å². The molecule has 1 N–H and O–H groups in total. The summed E-state index contributed by atoms with van der Waals surface area (Å²) in [6.07, 6.45) is 7.69. The van der Waals surface area contributed by atoms with E-state index in [1.807, 2.05) is 42.6 Å². The highest BCUT2D eigenvalue weighted by molar-refractivity contribution is 6.30. The van der Waals surface area contributed by atoms with Crippen molar-refractivity contribution in [2.75, 3.05) is 6.54 Å². The molecule has 2 aromatic carbocycles. The molecule has 1 aromatic heterocycles. The molecule has 1 amide bonds. The van der Waals surface area contributed by atoms with Crippen LogP contribution >= 0.6 is 11.6 Å². The van der Waals surface area contributed by atoms with E-state index >= 15 is 0 Å². The molecule has 1 heterocycles. The number of benzene rings is 2. The minimum atomic E-state index is -0.133. The van der Waals surface area contributed by atoms with Crippen LogP contribution in [0.5, 0.6) is 0 Å². The molecule has 3 aromatic rings. The number of hydrogen-bond donors (Lipinski definition) is 1. The van der Waals surface area contributed by atoms with Gasteiger partial charge in [0.25, 0.3) is 0 Å². The van der Waals surface area contributed by atoms with Gasteiger partial charge in [-0.3, -0.25) is 4.79 Å². The molecule has 0 spiro atoms. The maximum absolute atomic E-state index is 11.9. The van der Waals surface area contributed by atoms with E-state index in [9.17, 15) is 4.79 Å². The lowest BCUT2D eigenvalue weighted by Crippen LogP contribution is -2.24. The van der Waals surface area contributed by atoms with E-state index in [2.05, 4.69) is 27.0 Å². The molecule has 0 bridgehead atoms. The van der Waals surface area contributed by atoms with Crippen molar-refractivity contribution >= 4 is 23.6 Å². The van der Waals surface area contributed by atoms with Gasteiger partial charge in [0.05, 0.1) is 0 Å². The largest absolute Gasteiger partial charge is 0.352 e. The number of nitrogens with one attached hydrogen (secondary N) is 1. The van der Waals surface area contributed by atoms with Gasteiger partial charge in [-0.2, -0.15) is 0 Å². The van der Waals surface area contributed by atoms with Crippen molar-refractivity contribution in [1.82, 2.24) is 14.9 Å². The van der Waals surface area contributed by atoms with Crippen LogP contribution in [-0.4, -0.2) is 22.0 Å². The van der Waals surface area contributed by atoms with Crippen molar-refractivity contribution in [3.8, 4) is 0 Å². The molecule has 0 aliphatic rings. The highest BCUT2D eigenvalue weighted by atomic mass is 35.5.